The number of nitrogens with one attached hydrogen (secondary N) is 1. The number of amides is 1. The third kappa shape index (κ3) is 3.03. The van der Waals surface area contributed by atoms with Crippen LogP contribution in [0.2, 0.25) is 0 Å². The first-order chi connectivity index (χ1) is 11.6. The van der Waals surface area contributed by atoms with Crippen LogP contribution in [0.25, 0.3) is 5.65 Å². The van der Waals surface area contributed by atoms with Gasteiger partial charge in [-0.2, -0.15) is 0 Å². The van der Waals surface area contributed by atoms with Gasteiger partial charge in [-0.1, -0.05) is 12.1 Å². The van der Waals surface area contributed by atoms with Crippen LogP contribution in [0.3, 0.4) is 0 Å². The van der Waals surface area contributed by atoms with Crippen LogP contribution in [-0.4, -0.2) is 29.5 Å². The van der Waals surface area contributed by atoms with E-state index in [1.54, 1.807) is 36.9 Å². The number of fused-ring (bicyclic) bond motifs is 1. The predicted molar refractivity (Wildman–Crippen MR) is 90.6 cm³/mol. The summed E-state index contributed by atoms with van der Waals surface area (Å²) in [5.41, 5.74) is 2.84. The van der Waals surface area contributed by atoms with E-state index in [1.807, 2.05) is 31.2 Å². The van der Waals surface area contributed by atoms with Gasteiger partial charge in [-0.15, -0.1) is 0 Å². The molecule has 2 heterocycles. The summed E-state index contributed by atoms with van der Waals surface area (Å²) in [6.07, 6.45) is 1.79. The van der Waals surface area contributed by atoms with Crippen molar-refractivity contribution in [3.8, 4) is 11.5 Å². The molecule has 0 aliphatic heterocycles. The topological polar surface area (TPSA) is 64.9 Å². The Morgan fingerprint density at radius 2 is 1.92 bits per heavy atom. The van der Waals surface area contributed by atoms with Crippen molar-refractivity contribution >= 4 is 11.6 Å². The van der Waals surface area contributed by atoms with Crippen LogP contribution < -0.4 is 14.8 Å². The van der Waals surface area contributed by atoms with Crippen LogP contribution in [0.5, 0.6) is 11.5 Å². The second kappa shape index (κ2) is 6.62. The summed E-state index contributed by atoms with van der Waals surface area (Å²) in [5, 5.41) is 2.93. The Hall–Kier alpha value is -3.02. The number of aromatic nitrogens is 2. The van der Waals surface area contributed by atoms with Crippen LogP contribution in [0.1, 0.15) is 21.7 Å². The number of carbonyl (C=O) groups excluding carboxylic acids is 1. The summed E-state index contributed by atoms with van der Waals surface area (Å²) in [4.78, 5) is 17.0. The first-order valence-electron chi connectivity index (χ1n) is 7.56. The van der Waals surface area contributed by atoms with Gasteiger partial charge < -0.3 is 14.8 Å². The summed E-state index contributed by atoms with van der Waals surface area (Å²) < 4.78 is 12.1. The normalized spacial score (nSPS) is 10.6. The molecule has 1 aromatic carbocycles. The lowest BCUT2D eigenvalue weighted by Gasteiger charge is -2.08. The Kier molecular flexibility index (Phi) is 4.37. The number of rotatable bonds is 5. The lowest BCUT2D eigenvalue weighted by molar-refractivity contribution is 0.0944. The first-order valence-corrected chi connectivity index (χ1v) is 7.56. The minimum absolute atomic E-state index is 0.173. The number of nitrogens with zero attached hydrogens (tertiary/aromatic N) is 2. The lowest BCUT2D eigenvalue weighted by atomic mass is 10.2. The fourth-order valence-electron chi connectivity index (χ4n) is 2.59. The van der Waals surface area contributed by atoms with Gasteiger partial charge in [0.2, 0.25) is 0 Å². The molecule has 0 radical (unpaired) electrons. The highest BCUT2D eigenvalue weighted by Gasteiger charge is 2.16. The maximum atomic E-state index is 12.6. The molecule has 0 aliphatic rings. The quantitative estimate of drug-likeness (QED) is 0.783. The van der Waals surface area contributed by atoms with Crippen molar-refractivity contribution in [3.63, 3.8) is 0 Å². The van der Waals surface area contributed by atoms with E-state index in [2.05, 4.69) is 10.3 Å². The van der Waals surface area contributed by atoms with Gasteiger partial charge in [0.05, 0.1) is 19.9 Å². The molecule has 0 saturated carbocycles. The van der Waals surface area contributed by atoms with E-state index in [9.17, 15) is 4.79 Å². The molecule has 0 saturated heterocycles. The van der Waals surface area contributed by atoms with Crippen molar-refractivity contribution in [3.05, 3.63) is 59.5 Å². The third-order valence-corrected chi connectivity index (χ3v) is 3.81. The Balaban J connectivity index is 1.82. The molecule has 0 bridgehead atoms. The highest BCUT2D eigenvalue weighted by Crippen LogP contribution is 2.18. The van der Waals surface area contributed by atoms with Crippen molar-refractivity contribution < 1.29 is 14.3 Å². The van der Waals surface area contributed by atoms with Gasteiger partial charge in [0, 0.05) is 18.8 Å². The molecule has 0 aliphatic carbocycles. The van der Waals surface area contributed by atoms with Crippen LogP contribution >= 0.6 is 0 Å². The van der Waals surface area contributed by atoms with Gasteiger partial charge in [0.15, 0.2) is 0 Å². The lowest BCUT2D eigenvalue weighted by Crippen LogP contribution is -2.25. The molecule has 0 atom stereocenters. The third-order valence-electron chi connectivity index (χ3n) is 3.81. The molecule has 3 aromatic rings. The summed E-state index contributed by atoms with van der Waals surface area (Å²) in [5.74, 6) is 1.30. The van der Waals surface area contributed by atoms with Crippen molar-refractivity contribution in [2.45, 2.75) is 13.5 Å². The minimum Gasteiger partial charge on any atom is -0.497 e. The number of imidazole rings is 1. The van der Waals surface area contributed by atoms with Gasteiger partial charge in [0.1, 0.15) is 22.8 Å². The molecule has 0 unspecified atom stereocenters. The number of methoxy groups -OCH3 is 2. The van der Waals surface area contributed by atoms with Crippen LogP contribution in [-0.2, 0) is 6.54 Å². The van der Waals surface area contributed by atoms with Crippen molar-refractivity contribution in [2.24, 2.45) is 0 Å². The second-order valence-corrected chi connectivity index (χ2v) is 5.37. The second-order valence-electron chi connectivity index (χ2n) is 5.37. The number of aryl methyl sites for hydroxylation is 1. The highest BCUT2D eigenvalue weighted by atomic mass is 16.5. The summed E-state index contributed by atoms with van der Waals surface area (Å²) in [6.45, 7) is 2.23. The van der Waals surface area contributed by atoms with Gasteiger partial charge >= 0.3 is 0 Å². The summed E-state index contributed by atoms with van der Waals surface area (Å²) in [7, 11) is 3.22. The average molecular weight is 325 g/mol. The van der Waals surface area contributed by atoms with Crippen LogP contribution in [0, 0.1) is 6.92 Å². The van der Waals surface area contributed by atoms with Gasteiger partial charge in [0.25, 0.3) is 5.91 Å². The maximum absolute atomic E-state index is 12.6. The summed E-state index contributed by atoms with van der Waals surface area (Å²) in [6, 6.07) is 11.2. The van der Waals surface area contributed by atoms with Gasteiger partial charge in [-0.25, -0.2) is 4.98 Å². The molecule has 6 nitrogen and oxygen atoms in total. The van der Waals surface area contributed by atoms with Crippen molar-refractivity contribution in [1.82, 2.24) is 14.7 Å². The number of carbonyl (C=O) groups is 1. The molecular formula is C18H19N3O3. The van der Waals surface area contributed by atoms with E-state index in [4.69, 9.17) is 9.47 Å². The molecule has 24 heavy (non-hydrogen) atoms. The zero-order valence-corrected chi connectivity index (χ0v) is 13.9. The number of hydrogen-bond donors (Lipinski definition) is 1. The Labute approximate surface area is 140 Å². The first kappa shape index (κ1) is 15.9. The zero-order valence-electron chi connectivity index (χ0n) is 13.9. The van der Waals surface area contributed by atoms with Crippen molar-refractivity contribution in [2.75, 3.05) is 14.2 Å². The molecule has 0 fully saturated rings. The minimum atomic E-state index is -0.173. The fraction of sp³-hybridized carbons (Fsp3) is 0.222. The Morgan fingerprint density at radius 3 is 2.67 bits per heavy atom. The highest BCUT2D eigenvalue weighted by molar-refractivity contribution is 5.94. The molecule has 124 valence electrons. The molecule has 6 heteroatoms. The fourth-order valence-corrected chi connectivity index (χ4v) is 2.59. The Bertz CT molecular complexity index is 886. The number of benzene rings is 1. The van der Waals surface area contributed by atoms with E-state index in [0.29, 0.717) is 29.3 Å². The molecule has 3 rings (SSSR count). The van der Waals surface area contributed by atoms with Crippen LogP contribution in [0.15, 0.2) is 42.6 Å². The van der Waals surface area contributed by atoms with E-state index >= 15 is 0 Å². The molecule has 1 amide bonds. The smallest absolute Gasteiger partial charge is 0.270 e. The SMILES string of the molecule is COc1cccc(CNC(=O)c2c(C)nc3cc(OC)ccn23)c1. The number of ether oxygens (including phenoxy) is 2. The standard InChI is InChI=1S/C18H19N3O3/c1-12-17(21-8-7-15(24-3)10-16(21)20-12)18(22)19-11-13-5-4-6-14(9-13)23-2/h4-10H,11H2,1-3H3,(H,19,22). The van der Waals surface area contributed by atoms with Gasteiger partial charge in [-0.05, 0) is 30.7 Å². The van der Waals surface area contributed by atoms with E-state index in [0.717, 1.165) is 11.3 Å². The van der Waals surface area contributed by atoms with Crippen LogP contribution in [0.4, 0.5) is 0 Å². The summed E-state index contributed by atoms with van der Waals surface area (Å²) >= 11 is 0. The average Bonchev–Trinajstić information content (AvgIpc) is 2.94. The Morgan fingerprint density at radius 1 is 1.17 bits per heavy atom. The van der Waals surface area contributed by atoms with E-state index in [1.165, 1.54) is 0 Å². The molecule has 0 spiro atoms. The van der Waals surface area contributed by atoms with E-state index in [-0.39, 0.29) is 5.91 Å². The molecular weight excluding hydrogens is 306 g/mol. The number of pyridine rings is 1. The predicted octanol–water partition coefficient (Wildman–Crippen LogP) is 2.59. The zero-order chi connectivity index (χ0) is 17.1. The van der Waals surface area contributed by atoms with Gasteiger partial charge in [-0.3, -0.25) is 9.20 Å². The largest absolute Gasteiger partial charge is 0.497 e. The number of hydrogen-bond acceptors (Lipinski definition) is 4. The monoisotopic (exact) mass is 325 g/mol. The van der Waals surface area contributed by atoms with Crippen molar-refractivity contribution in [1.29, 1.82) is 0 Å². The molecule has 2 aromatic heterocycles. The van der Waals surface area contributed by atoms with E-state index < -0.39 is 0 Å². The molecule has 1 N–H and O–H groups in total. The maximum Gasteiger partial charge on any atom is 0.270 e.